The van der Waals surface area contributed by atoms with Crippen molar-refractivity contribution in [1.82, 2.24) is 30.1 Å². The number of pyridine rings is 1. The van der Waals surface area contributed by atoms with Gasteiger partial charge in [-0.2, -0.15) is 13.2 Å². The molecule has 2 aromatic rings. The Labute approximate surface area is 167 Å². The van der Waals surface area contributed by atoms with Crippen molar-refractivity contribution in [2.45, 2.75) is 19.1 Å². The van der Waals surface area contributed by atoms with Gasteiger partial charge in [0.25, 0.3) is 0 Å². The number of guanidine groups is 1. The van der Waals surface area contributed by atoms with E-state index >= 15 is 0 Å². The molecule has 0 amide bonds. The van der Waals surface area contributed by atoms with E-state index in [2.05, 4.69) is 25.8 Å². The molecule has 0 aliphatic heterocycles. The minimum Gasteiger partial charge on any atom is -0.356 e. The van der Waals surface area contributed by atoms with Crippen LogP contribution in [0.25, 0.3) is 5.65 Å². The Kier molecular flexibility index (Phi) is 9.05. The number of fused-ring (bicyclic) bond motifs is 1. The van der Waals surface area contributed by atoms with Gasteiger partial charge in [-0.15, -0.1) is 34.2 Å². The molecule has 0 saturated heterocycles. The summed E-state index contributed by atoms with van der Waals surface area (Å²) in [6.45, 7) is 0.388. The highest BCUT2D eigenvalue weighted by atomic mass is 127. The molecular weight excluding hydrogens is 462 g/mol. The van der Waals surface area contributed by atoms with Crippen LogP contribution < -0.4 is 10.6 Å². The van der Waals surface area contributed by atoms with Crippen LogP contribution in [0.15, 0.2) is 29.4 Å². The lowest BCUT2D eigenvalue weighted by Crippen LogP contribution is -2.39. The second-order valence-electron chi connectivity index (χ2n) is 5.60. The summed E-state index contributed by atoms with van der Waals surface area (Å²) in [5, 5.41) is 14.4. The highest BCUT2D eigenvalue weighted by molar-refractivity contribution is 14.0. The summed E-state index contributed by atoms with van der Waals surface area (Å²) in [5.41, 5.74) is 0.759. The molecule has 0 unspecified atom stereocenters. The predicted molar refractivity (Wildman–Crippen MR) is 105 cm³/mol. The molecule has 2 N–H and O–H groups in total. The standard InChI is InChI=1S/C15H22F3N7.HI/c1-19-14(20-7-5-8-24(2)11-15(16,17)18)21-10-13-23-22-12-6-3-4-9-25(12)13;/h3-4,6,9H,5,7-8,10-11H2,1-2H3,(H2,19,20,21);1H. The average molecular weight is 485 g/mol. The fraction of sp³-hybridized carbons (Fsp3) is 0.533. The van der Waals surface area contributed by atoms with Crippen LogP contribution in [0.1, 0.15) is 12.2 Å². The van der Waals surface area contributed by atoms with Gasteiger partial charge in [-0.25, -0.2) is 0 Å². The van der Waals surface area contributed by atoms with Gasteiger partial charge in [-0.3, -0.25) is 14.3 Å². The molecule has 0 atom stereocenters. The van der Waals surface area contributed by atoms with Gasteiger partial charge in [0.05, 0.1) is 13.1 Å². The highest BCUT2D eigenvalue weighted by Gasteiger charge is 2.28. The van der Waals surface area contributed by atoms with E-state index in [-0.39, 0.29) is 24.0 Å². The summed E-state index contributed by atoms with van der Waals surface area (Å²) < 4.78 is 38.6. The van der Waals surface area contributed by atoms with E-state index in [1.807, 2.05) is 28.8 Å². The molecule has 2 rings (SSSR count). The number of hydrogen-bond acceptors (Lipinski definition) is 4. The van der Waals surface area contributed by atoms with Crippen molar-refractivity contribution >= 4 is 35.6 Å². The third-order valence-corrected chi connectivity index (χ3v) is 3.48. The molecule has 11 heteroatoms. The maximum atomic E-state index is 12.2. The van der Waals surface area contributed by atoms with E-state index in [0.29, 0.717) is 32.0 Å². The lowest BCUT2D eigenvalue weighted by Gasteiger charge is -2.18. The monoisotopic (exact) mass is 485 g/mol. The SMILES string of the molecule is CN=C(NCCCN(C)CC(F)(F)F)NCc1nnc2ccccn12.I. The highest BCUT2D eigenvalue weighted by Crippen LogP contribution is 2.15. The van der Waals surface area contributed by atoms with Crippen LogP contribution in [-0.4, -0.2) is 65.4 Å². The van der Waals surface area contributed by atoms with Gasteiger partial charge in [0.1, 0.15) is 0 Å². The summed E-state index contributed by atoms with van der Waals surface area (Å²) in [6.07, 6.45) is -1.72. The van der Waals surface area contributed by atoms with Gasteiger partial charge >= 0.3 is 6.18 Å². The van der Waals surface area contributed by atoms with Gasteiger partial charge in [0.2, 0.25) is 0 Å². The Morgan fingerprint density at radius 2 is 2.04 bits per heavy atom. The number of aromatic nitrogens is 3. The van der Waals surface area contributed by atoms with Crippen LogP contribution in [0, 0.1) is 0 Å². The zero-order valence-corrected chi connectivity index (χ0v) is 17.0. The summed E-state index contributed by atoms with van der Waals surface area (Å²) in [4.78, 5) is 5.34. The van der Waals surface area contributed by atoms with E-state index in [9.17, 15) is 13.2 Å². The van der Waals surface area contributed by atoms with Gasteiger partial charge in [0, 0.05) is 19.8 Å². The molecular formula is C15H23F3IN7. The second-order valence-corrected chi connectivity index (χ2v) is 5.60. The zero-order chi connectivity index (χ0) is 18.3. The van der Waals surface area contributed by atoms with Crippen LogP contribution >= 0.6 is 24.0 Å². The van der Waals surface area contributed by atoms with E-state index in [1.54, 1.807) is 7.05 Å². The van der Waals surface area contributed by atoms with Gasteiger partial charge in [-0.1, -0.05) is 6.07 Å². The number of hydrogen-bond donors (Lipinski definition) is 2. The molecule has 0 fully saturated rings. The quantitative estimate of drug-likeness (QED) is 0.272. The molecule has 0 aromatic carbocycles. The Bertz CT molecular complexity index is 702. The largest absolute Gasteiger partial charge is 0.401 e. The molecule has 0 bridgehead atoms. The third-order valence-electron chi connectivity index (χ3n) is 3.48. The maximum absolute atomic E-state index is 12.2. The fourth-order valence-corrected chi connectivity index (χ4v) is 2.34. The normalized spacial score (nSPS) is 12.3. The van der Waals surface area contributed by atoms with Crippen LogP contribution in [-0.2, 0) is 6.54 Å². The minimum atomic E-state index is -4.17. The van der Waals surface area contributed by atoms with E-state index < -0.39 is 12.7 Å². The Hall–Kier alpha value is -1.63. The van der Waals surface area contributed by atoms with Crippen LogP contribution in [0.2, 0.25) is 0 Å². The molecule has 0 aliphatic rings. The molecule has 0 radical (unpaired) electrons. The van der Waals surface area contributed by atoms with E-state index in [4.69, 9.17) is 0 Å². The van der Waals surface area contributed by atoms with E-state index in [1.165, 1.54) is 11.9 Å². The number of nitrogens with one attached hydrogen (secondary N) is 2. The molecule has 0 saturated carbocycles. The first-order chi connectivity index (χ1) is 11.9. The van der Waals surface area contributed by atoms with Crippen molar-refractivity contribution in [1.29, 1.82) is 0 Å². The molecule has 0 aliphatic carbocycles. The van der Waals surface area contributed by atoms with Crippen LogP contribution in [0.4, 0.5) is 13.2 Å². The van der Waals surface area contributed by atoms with Crippen molar-refractivity contribution in [2.24, 2.45) is 4.99 Å². The van der Waals surface area contributed by atoms with Crippen molar-refractivity contribution < 1.29 is 13.2 Å². The summed E-state index contributed by atoms with van der Waals surface area (Å²) in [5.74, 6) is 1.30. The zero-order valence-electron chi connectivity index (χ0n) is 14.6. The third kappa shape index (κ3) is 7.32. The molecule has 2 heterocycles. The van der Waals surface area contributed by atoms with E-state index in [0.717, 1.165) is 11.5 Å². The second kappa shape index (κ2) is 10.5. The molecule has 7 nitrogen and oxygen atoms in total. The van der Waals surface area contributed by atoms with Crippen molar-refractivity contribution in [3.8, 4) is 0 Å². The summed E-state index contributed by atoms with van der Waals surface area (Å²) >= 11 is 0. The topological polar surface area (TPSA) is 69.8 Å². The van der Waals surface area contributed by atoms with Crippen molar-refractivity contribution in [2.75, 3.05) is 33.7 Å². The van der Waals surface area contributed by atoms with Crippen molar-refractivity contribution in [3.63, 3.8) is 0 Å². The number of rotatable bonds is 7. The fourth-order valence-electron chi connectivity index (χ4n) is 2.34. The Morgan fingerprint density at radius 1 is 1.27 bits per heavy atom. The number of halogens is 4. The first kappa shape index (κ1) is 22.4. The summed E-state index contributed by atoms with van der Waals surface area (Å²) in [7, 11) is 3.09. The lowest BCUT2D eigenvalue weighted by molar-refractivity contribution is -0.143. The smallest absolute Gasteiger partial charge is 0.356 e. The maximum Gasteiger partial charge on any atom is 0.401 e. The molecule has 146 valence electrons. The van der Waals surface area contributed by atoms with Gasteiger partial charge in [0.15, 0.2) is 17.4 Å². The molecule has 26 heavy (non-hydrogen) atoms. The molecule has 0 spiro atoms. The Balaban J connectivity index is 0.00000338. The van der Waals surface area contributed by atoms with Crippen molar-refractivity contribution in [3.05, 3.63) is 30.2 Å². The van der Waals surface area contributed by atoms with Gasteiger partial charge < -0.3 is 10.6 Å². The number of nitrogens with zero attached hydrogens (tertiary/aromatic N) is 5. The summed E-state index contributed by atoms with van der Waals surface area (Å²) in [6, 6.07) is 5.64. The number of aliphatic imine (C=N–C) groups is 1. The van der Waals surface area contributed by atoms with Crippen LogP contribution in [0.3, 0.4) is 0 Å². The first-order valence-corrected chi connectivity index (χ1v) is 7.87. The van der Waals surface area contributed by atoms with Crippen LogP contribution in [0.5, 0.6) is 0 Å². The minimum absolute atomic E-state index is 0. The Morgan fingerprint density at radius 3 is 2.73 bits per heavy atom. The average Bonchev–Trinajstić information content (AvgIpc) is 2.96. The van der Waals surface area contributed by atoms with Gasteiger partial charge in [-0.05, 0) is 32.1 Å². The first-order valence-electron chi connectivity index (χ1n) is 7.87. The predicted octanol–water partition coefficient (Wildman–Crippen LogP) is 1.90. The number of alkyl halides is 3. The molecule has 2 aromatic heterocycles. The lowest BCUT2D eigenvalue weighted by atomic mass is 10.4.